The third-order valence-electron chi connectivity index (χ3n) is 5.82. The van der Waals surface area contributed by atoms with Gasteiger partial charge >= 0.3 is 0 Å². The molecule has 1 aliphatic rings. The summed E-state index contributed by atoms with van der Waals surface area (Å²) >= 11 is 0. The van der Waals surface area contributed by atoms with E-state index in [2.05, 4.69) is 49.9 Å². The van der Waals surface area contributed by atoms with E-state index in [4.69, 9.17) is 0 Å². The maximum atomic E-state index is 14.2. The molecule has 1 N–H and O–H groups in total. The summed E-state index contributed by atoms with van der Waals surface area (Å²) in [6.07, 6.45) is 8.72. The van der Waals surface area contributed by atoms with Gasteiger partial charge in [0.25, 0.3) is 0 Å². The molecule has 4 nitrogen and oxygen atoms in total. The lowest BCUT2D eigenvalue weighted by molar-refractivity contribution is 0.637. The van der Waals surface area contributed by atoms with Gasteiger partial charge < -0.3 is 14.5 Å². The van der Waals surface area contributed by atoms with E-state index in [0.717, 1.165) is 41.8 Å². The second-order valence-electron chi connectivity index (χ2n) is 7.65. The van der Waals surface area contributed by atoms with Crippen LogP contribution in [0.5, 0.6) is 0 Å². The summed E-state index contributed by atoms with van der Waals surface area (Å²) in [4.78, 5) is 9.58. The Labute approximate surface area is 169 Å². The summed E-state index contributed by atoms with van der Waals surface area (Å²) in [5, 5.41) is 2.24. The highest BCUT2D eigenvalue weighted by atomic mass is 19.1. The van der Waals surface area contributed by atoms with Crippen molar-refractivity contribution in [3.63, 3.8) is 0 Å². The monoisotopic (exact) mass is 386 g/mol. The van der Waals surface area contributed by atoms with Crippen molar-refractivity contribution >= 4 is 33.8 Å². The molecular formula is C24H23FN4. The fourth-order valence-electron chi connectivity index (χ4n) is 4.31. The van der Waals surface area contributed by atoms with Gasteiger partial charge in [0.05, 0.1) is 11.9 Å². The van der Waals surface area contributed by atoms with E-state index in [-0.39, 0.29) is 5.82 Å². The molecule has 0 fully saturated rings. The Kier molecular flexibility index (Phi) is 4.23. The molecule has 0 spiro atoms. The highest BCUT2D eigenvalue weighted by molar-refractivity contribution is 5.90. The Morgan fingerprint density at radius 3 is 2.86 bits per heavy atom. The zero-order chi connectivity index (χ0) is 20.0. The minimum atomic E-state index is -0.185. The molecule has 0 bridgehead atoms. The molecule has 0 amide bonds. The number of H-pyrrole nitrogens is 1. The largest absolute Gasteiger partial charge is 0.356 e. The van der Waals surface area contributed by atoms with Crippen LogP contribution in [0.15, 0.2) is 59.9 Å². The lowest BCUT2D eigenvalue weighted by Gasteiger charge is -2.19. The second kappa shape index (κ2) is 6.92. The third-order valence-corrected chi connectivity index (χ3v) is 5.82. The summed E-state index contributed by atoms with van der Waals surface area (Å²) in [5.74, 6) is -0.185. The Hall–Kier alpha value is -3.34. The standard InChI is InChI=1S/C24H23FN4/c1-16-4-6-21(25)24-23(16)20(17(2)27-24)9-13-28-12-8-18-14-19(5-7-22(18)28)29-11-3-10-26-15-29/h3-8,10,12,14-15,27H,9,11,13H2,1-2H3. The molecule has 0 saturated heterocycles. The third kappa shape index (κ3) is 3.03. The first-order chi connectivity index (χ1) is 14.1. The highest BCUT2D eigenvalue weighted by Crippen LogP contribution is 2.29. The molecule has 146 valence electrons. The van der Waals surface area contributed by atoms with Crippen LogP contribution in [0.3, 0.4) is 0 Å². The van der Waals surface area contributed by atoms with Crippen LogP contribution in [-0.4, -0.2) is 22.4 Å². The molecule has 2 aromatic heterocycles. The van der Waals surface area contributed by atoms with Crippen molar-refractivity contribution in [3.05, 3.63) is 77.5 Å². The lowest BCUT2D eigenvalue weighted by Crippen LogP contribution is -2.22. The van der Waals surface area contributed by atoms with Gasteiger partial charge in [0.15, 0.2) is 0 Å². The molecule has 0 unspecified atom stereocenters. The number of rotatable bonds is 4. The number of aliphatic imine (C=N–C) groups is 1. The van der Waals surface area contributed by atoms with E-state index >= 15 is 0 Å². The molecule has 1 aliphatic heterocycles. The van der Waals surface area contributed by atoms with Crippen molar-refractivity contribution in [1.29, 1.82) is 0 Å². The number of fused-ring (bicyclic) bond motifs is 2. The van der Waals surface area contributed by atoms with Gasteiger partial charge in [-0.1, -0.05) is 6.07 Å². The molecule has 3 heterocycles. The zero-order valence-electron chi connectivity index (χ0n) is 16.6. The van der Waals surface area contributed by atoms with Gasteiger partial charge in [0, 0.05) is 53.2 Å². The quantitative estimate of drug-likeness (QED) is 0.495. The first-order valence-electron chi connectivity index (χ1n) is 9.92. The molecule has 29 heavy (non-hydrogen) atoms. The lowest BCUT2D eigenvalue weighted by atomic mass is 10.0. The Balaban J connectivity index is 1.44. The van der Waals surface area contributed by atoms with Crippen LogP contribution in [0.4, 0.5) is 10.1 Å². The molecule has 0 aliphatic carbocycles. The van der Waals surface area contributed by atoms with E-state index < -0.39 is 0 Å². The van der Waals surface area contributed by atoms with E-state index in [1.54, 1.807) is 0 Å². The maximum absolute atomic E-state index is 14.2. The first kappa shape index (κ1) is 17.7. The average Bonchev–Trinajstić information content (AvgIpc) is 3.30. The number of nitrogens with zero attached hydrogens (tertiary/aromatic N) is 3. The second-order valence-corrected chi connectivity index (χ2v) is 7.65. The van der Waals surface area contributed by atoms with Crippen LogP contribution < -0.4 is 4.90 Å². The van der Waals surface area contributed by atoms with E-state index in [1.807, 2.05) is 38.5 Å². The number of benzene rings is 2. The predicted octanol–water partition coefficient (Wildman–Crippen LogP) is 5.48. The van der Waals surface area contributed by atoms with Crippen molar-refractivity contribution in [2.24, 2.45) is 4.99 Å². The number of halogens is 1. The number of aromatic amines is 1. The molecule has 5 heteroatoms. The molecule has 0 radical (unpaired) electrons. The molecule has 0 saturated carbocycles. The van der Waals surface area contributed by atoms with Gasteiger partial charge in [-0.2, -0.15) is 0 Å². The number of hydrogen-bond donors (Lipinski definition) is 1. The van der Waals surface area contributed by atoms with Crippen LogP contribution >= 0.6 is 0 Å². The van der Waals surface area contributed by atoms with Gasteiger partial charge in [0.2, 0.25) is 0 Å². The van der Waals surface area contributed by atoms with Gasteiger partial charge in [-0.3, -0.25) is 0 Å². The van der Waals surface area contributed by atoms with Gasteiger partial charge in [-0.25, -0.2) is 9.38 Å². The smallest absolute Gasteiger partial charge is 0.147 e. The Morgan fingerprint density at radius 1 is 1.14 bits per heavy atom. The van der Waals surface area contributed by atoms with Crippen molar-refractivity contribution < 1.29 is 4.39 Å². The van der Waals surface area contributed by atoms with Crippen molar-refractivity contribution in [2.75, 3.05) is 11.4 Å². The summed E-state index contributed by atoms with van der Waals surface area (Å²) in [7, 11) is 0. The first-order valence-corrected chi connectivity index (χ1v) is 9.92. The van der Waals surface area contributed by atoms with Crippen LogP contribution in [0, 0.1) is 19.7 Å². The van der Waals surface area contributed by atoms with Crippen molar-refractivity contribution in [3.8, 4) is 0 Å². The van der Waals surface area contributed by atoms with Gasteiger partial charge in [-0.05, 0) is 67.8 Å². The summed E-state index contributed by atoms with van der Waals surface area (Å²) in [6.45, 7) is 5.76. The molecule has 2 aromatic carbocycles. The van der Waals surface area contributed by atoms with E-state index in [0.29, 0.717) is 5.52 Å². The number of aryl methyl sites for hydroxylation is 4. The fraction of sp³-hybridized carbons (Fsp3) is 0.208. The zero-order valence-corrected chi connectivity index (χ0v) is 16.6. The SMILES string of the molecule is Cc1[nH]c2c(F)ccc(C)c2c1CCn1ccc2cc(N3C=NC=CC3)ccc21. The fourth-order valence-corrected chi connectivity index (χ4v) is 4.31. The minimum absolute atomic E-state index is 0.185. The molecule has 0 atom stereocenters. The van der Waals surface area contributed by atoms with E-state index in [1.165, 1.54) is 22.5 Å². The summed E-state index contributed by atoms with van der Waals surface area (Å²) in [6, 6.07) is 12.1. The molecular weight excluding hydrogens is 363 g/mol. The summed E-state index contributed by atoms with van der Waals surface area (Å²) in [5.41, 5.74) is 6.33. The number of anilines is 1. The normalized spacial score (nSPS) is 13.8. The van der Waals surface area contributed by atoms with Crippen molar-refractivity contribution in [1.82, 2.24) is 9.55 Å². The summed E-state index contributed by atoms with van der Waals surface area (Å²) < 4.78 is 16.5. The molecule has 4 aromatic rings. The average molecular weight is 386 g/mol. The van der Waals surface area contributed by atoms with Crippen LogP contribution in [0.1, 0.15) is 16.8 Å². The number of aromatic nitrogens is 2. The van der Waals surface area contributed by atoms with Crippen molar-refractivity contribution in [2.45, 2.75) is 26.8 Å². The Bertz CT molecular complexity index is 1280. The number of nitrogens with one attached hydrogen (secondary N) is 1. The molecule has 5 rings (SSSR count). The van der Waals surface area contributed by atoms with Gasteiger partial charge in [-0.15, -0.1) is 0 Å². The predicted molar refractivity (Wildman–Crippen MR) is 118 cm³/mol. The van der Waals surface area contributed by atoms with Gasteiger partial charge in [0.1, 0.15) is 5.82 Å². The Morgan fingerprint density at radius 2 is 2.03 bits per heavy atom. The van der Waals surface area contributed by atoms with Crippen LogP contribution in [0.25, 0.3) is 21.8 Å². The topological polar surface area (TPSA) is 36.3 Å². The number of hydrogen-bond acceptors (Lipinski definition) is 2. The minimum Gasteiger partial charge on any atom is -0.356 e. The highest BCUT2D eigenvalue weighted by Gasteiger charge is 2.14. The van der Waals surface area contributed by atoms with E-state index in [9.17, 15) is 4.39 Å². The van der Waals surface area contributed by atoms with Crippen LogP contribution in [-0.2, 0) is 13.0 Å². The maximum Gasteiger partial charge on any atom is 0.147 e. The van der Waals surface area contributed by atoms with Crippen LogP contribution in [0.2, 0.25) is 0 Å².